The SMILES string of the molecule is Cc1cnc(NCC2(CN)CC2)c(Br)c1. The zero-order valence-electron chi connectivity index (χ0n) is 8.89. The van der Waals surface area contributed by atoms with Crippen LogP contribution in [-0.2, 0) is 0 Å². The number of anilines is 1. The summed E-state index contributed by atoms with van der Waals surface area (Å²) in [6.07, 6.45) is 4.34. The lowest BCUT2D eigenvalue weighted by Crippen LogP contribution is -2.24. The van der Waals surface area contributed by atoms with Crippen LogP contribution in [0.1, 0.15) is 18.4 Å². The van der Waals surface area contributed by atoms with Crippen molar-refractivity contribution in [3.8, 4) is 0 Å². The number of halogens is 1. The highest BCUT2D eigenvalue weighted by atomic mass is 79.9. The number of hydrogen-bond donors (Lipinski definition) is 2. The van der Waals surface area contributed by atoms with Gasteiger partial charge >= 0.3 is 0 Å². The van der Waals surface area contributed by atoms with Gasteiger partial charge in [0, 0.05) is 12.7 Å². The number of nitrogens with one attached hydrogen (secondary N) is 1. The number of nitrogens with zero attached hydrogens (tertiary/aromatic N) is 1. The van der Waals surface area contributed by atoms with Crippen molar-refractivity contribution in [3.63, 3.8) is 0 Å². The molecular formula is C11H16BrN3. The molecule has 1 aromatic heterocycles. The molecule has 1 heterocycles. The molecule has 0 spiro atoms. The van der Waals surface area contributed by atoms with Gasteiger partial charge in [-0.05, 0) is 59.3 Å². The van der Waals surface area contributed by atoms with Crippen molar-refractivity contribution >= 4 is 21.7 Å². The lowest BCUT2D eigenvalue weighted by molar-refractivity contribution is 0.555. The second kappa shape index (κ2) is 4.10. The summed E-state index contributed by atoms with van der Waals surface area (Å²) in [7, 11) is 0. The average Bonchev–Trinajstić information content (AvgIpc) is 2.97. The zero-order valence-corrected chi connectivity index (χ0v) is 10.5. The molecule has 0 radical (unpaired) electrons. The van der Waals surface area contributed by atoms with Crippen LogP contribution in [0.5, 0.6) is 0 Å². The summed E-state index contributed by atoms with van der Waals surface area (Å²) >= 11 is 3.50. The van der Waals surface area contributed by atoms with Gasteiger partial charge in [-0.15, -0.1) is 0 Å². The Morgan fingerprint density at radius 1 is 1.60 bits per heavy atom. The van der Waals surface area contributed by atoms with Crippen LogP contribution in [0.15, 0.2) is 16.7 Å². The van der Waals surface area contributed by atoms with Crippen LogP contribution in [0.3, 0.4) is 0 Å². The van der Waals surface area contributed by atoms with E-state index in [4.69, 9.17) is 5.73 Å². The van der Waals surface area contributed by atoms with E-state index < -0.39 is 0 Å². The van der Waals surface area contributed by atoms with Gasteiger partial charge in [0.25, 0.3) is 0 Å². The van der Waals surface area contributed by atoms with E-state index in [1.807, 2.05) is 13.1 Å². The van der Waals surface area contributed by atoms with E-state index in [0.29, 0.717) is 5.41 Å². The van der Waals surface area contributed by atoms with Crippen molar-refractivity contribution in [2.24, 2.45) is 11.1 Å². The van der Waals surface area contributed by atoms with Gasteiger partial charge in [0.1, 0.15) is 5.82 Å². The molecule has 4 heteroatoms. The Kier molecular flexibility index (Phi) is 2.98. The van der Waals surface area contributed by atoms with Crippen molar-refractivity contribution in [3.05, 3.63) is 22.3 Å². The van der Waals surface area contributed by atoms with Crippen molar-refractivity contribution < 1.29 is 0 Å². The maximum Gasteiger partial charge on any atom is 0.140 e. The minimum atomic E-state index is 0.339. The van der Waals surface area contributed by atoms with Gasteiger partial charge in [0.15, 0.2) is 0 Å². The summed E-state index contributed by atoms with van der Waals surface area (Å²) in [5, 5.41) is 3.36. The molecular weight excluding hydrogens is 254 g/mol. The number of nitrogens with two attached hydrogens (primary N) is 1. The number of aryl methyl sites for hydroxylation is 1. The molecule has 1 aliphatic carbocycles. The third kappa shape index (κ3) is 2.49. The second-order valence-corrected chi connectivity index (χ2v) is 5.26. The van der Waals surface area contributed by atoms with Gasteiger partial charge < -0.3 is 11.1 Å². The van der Waals surface area contributed by atoms with E-state index in [1.54, 1.807) is 0 Å². The van der Waals surface area contributed by atoms with Gasteiger partial charge in [-0.25, -0.2) is 4.98 Å². The Morgan fingerprint density at radius 2 is 2.33 bits per heavy atom. The predicted octanol–water partition coefficient (Wildman–Crippen LogP) is 2.30. The molecule has 1 saturated carbocycles. The number of pyridine rings is 1. The molecule has 0 unspecified atom stereocenters. The number of hydrogen-bond acceptors (Lipinski definition) is 3. The Bertz CT molecular complexity index is 361. The first-order chi connectivity index (χ1) is 7.15. The first-order valence-electron chi connectivity index (χ1n) is 5.21. The molecule has 3 nitrogen and oxygen atoms in total. The van der Waals surface area contributed by atoms with Crippen molar-refractivity contribution in [2.75, 3.05) is 18.4 Å². The fourth-order valence-corrected chi connectivity index (χ4v) is 2.17. The van der Waals surface area contributed by atoms with Gasteiger partial charge in [-0.3, -0.25) is 0 Å². The lowest BCUT2D eigenvalue weighted by Gasteiger charge is -2.14. The highest BCUT2D eigenvalue weighted by Gasteiger charge is 2.40. The molecule has 0 saturated heterocycles. The van der Waals surface area contributed by atoms with Gasteiger partial charge in [-0.2, -0.15) is 0 Å². The largest absolute Gasteiger partial charge is 0.369 e. The van der Waals surface area contributed by atoms with E-state index in [-0.39, 0.29) is 0 Å². The molecule has 2 rings (SSSR count). The molecule has 0 amide bonds. The van der Waals surface area contributed by atoms with Crippen LogP contribution in [-0.4, -0.2) is 18.1 Å². The Morgan fingerprint density at radius 3 is 2.87 bits per heavy atom. The summed E-state index contributed by atoms with van der Waals surface area (Å²) < 4.78 is 1.02. The maximum atomic E-state index is 5.72. The molecule has 1 fully saturated rings. The first-order valence-corrected chi connectivity index (χ1v) is 6.01. The van der Waals surface area contributed by atoms with E-state index in [9.17, 15) is 0 Å². The predicted molar refractivity (Wildman–Crippen MR) is 65.9 cm³/mol. The summed E-state index contributed by atoms with van der Waals surface area (Å²) in [5.41, 5.74) is 7.22. The topological polar surface area (TPSA) is 50.9 Å². The molecule has 1 aliphatic rings. The minimum Gasteiger partial charge on any atom is -0.369 e. The fourth-order valence-electron chi connectivity index (χ4n) is 1.56. The van der Waals surface area contributed by atoms with Crippen LogP contribution in [0.4, 0.5) is 5.82 Å². The molecule has 3 N–H and O–H groups in total. The Hall–Kier alpha value is -0.610. The van der Waals surface area contributed by atoms with Crippen molar-refractivity contribution in [1.82, 2.24) is 4.98 Å². The second-order valence-electron chi connectivity index (χ2n) is 4.40. The van der Waals surface area contributed by atoms with Gasteiger partial charge in [0.05, 0.1) is 4.47 Å². The fraction of sp³-hybridized carbons (Fsp3) is 0.545. The highest BCUT2D eigenvalue weighted by Crippen LogP contribution is 2.44. The molecule has 0 atom stereocenters. The number of aromatic nitrogens is 1. The first kappa shape index (κ1) is 10.9. The average molecular weight is 270 g/mol. The van der Waals surface area contributed by atoms with Crippen LogP contribution in [0.25, 0.3) is 0 Å². The molecule has 15 heavy (non-hydrogen) atoms. The monoisotopic (exact) mass is 269 g/mol. The third-order valence-electron chi connectivity index (χ3n) is 3.00. The molecule has 0 bridgehead atoms. The maximum absolute atomic E-state index is 5.72. The van der Waals surface area contributed by atoms with E-state index in [1.165, 1.54) is 12.8 Å². The van der Waals surface area contributed by atoms with Crippen LogP contribution in [0.2, 0.25) is 0 Å². The molecule has 82 valence electrons. The third-order valence-corrected chi connectivity index (χ3v) is 3.60. The van der Waals surface area contributed by atoms with E-state index in [0.717, 1.165) is 28.9 Å². The summed E-state index contributed by atoms with van der Waals surface area (Å²) in [5.74, 6) is 0.917. The highest BCUT2D eigenvalue weighted by molar-refractivity contribution is 9.10. The van der Waals surface area contributed by atoms with Gasteiger partial charge in [-0.1, -0.05) is 0 Å². The normalized spacial score (nSPS) is 17.5. The van der Waals surface area contributed by atoms with Gasteiger partial charge in [0.2, 0.25) is 0 Å². The quantitative estimate of drug-likeness (QED) is 0.882. The van der Waals surface area contributed by atoms with E-state index in [2.05, 4.69) is 32.3 Å². The molecule has 0 aromatic carbocycles. The zero-order chi connectivity index (χ0) is 10.9. The van der Waals surface area contributed by atoms with E-state index >= 15 is 0 Å². The summed E-state index contributed by atoms with van der Waals surface area (Å²) in [6.45, 7) is 3.73. The summed E-state index contributed by atoms with van der Waals surface area (Å²) in [6, 6.07) is 2.07. The number of rotatable bonds is 4. The minimum absolute atomic E-state index is 0.339. The van der Waals surface area contributed by atoms with Crippen molar-refractivity contribution in [2.45, 2.75) is 19.8 Å². The summed E-state index contributed by atoms with van der Waals surface area (Å²) in [4.78, 5) is 4.34. The lowest BCUT2D eigenvalue weighted by atomic mass is 10.1. The van der Waals surface area contributed by atoms with Crippen LogP contribution < -0.4 is 11.1 Å². The standard InChI is InChI=1S/C11H16BrN3/c1-8-4-9(12)10(14-5-8)15-7-11(6-13)2-3-11/h4-5H,2-3,6-7,13H2,1H3,(H,14,15). The smallest absolute Gasteiger partial charge is 0.140 e. The van der Waals surface area contributed by atoms with Crippen LogP contribution >= 0.6 is 15.9 Å². The Balaban J connectivity index is 1.99. The Labute approximate surface area is 98.6 Å². The van der Waals surface area contributed by atoms with Crippen molar-refractivity contribution in [1.29, 1.82) is 0 Å². The molecule has 0 aliphatic heterocycles. The van der Waals surface area contributed by atoms with Crippen LogP contribution in [0, 0.1) is 12.3 Å². The molecule has 1 aromatic rings.